The molecule has 0 saturated carbocycles. The zero-order chi connectivity index (χ0) is 20.1. The van der Waals surface area contributed by atoms with E-state index in [1.54, 1.807) is 6.07 Å². The Bertz CT molecular complexity index is 836. The molecule has 1 N–H and O–H groups in total. The standard InChI is InChI=1S/C18H23F3N6O/c1-13-5-8-17(28)27(25-13)11-10-26-9-3-2-4-14(26)12-22-16-7-6-15(23-24-16)18(19,20)21/h5-8,14H,2-4,9-12H2,1H3,(H,22,24). The number of likely N-dealkylation sites (tertiary alicyclic amines) is 1. The molecule has 1 aliphatic rings. The van der Waals surface area contributed by atoms with E-state index in [-0.39, 0.29) is 11.6 Å². The topological polar surface area (TPSA) is 75.9 Å². The maximum Gasteiger partial charge on any atom is 0.435 e. The van der Waals surface area contributed by atoms with Crippen LogP contribution in [0.15, 0.2) is 29.1 Å². The van der Waals surface area contributed by atoms with Crippen LogP contribution in [0.1, 0.15) is 30.7 Å². The van der Waals surface area contributed by atoms with Crippen LogP contribution >= 0.6 is 0 Å². The Morgan fingerprint density at radius 3 is 2.68 bits per heavy atom. The van der Waals surface area contributed by atoms with Crippen molar-refractivity contribution in [2.75, 3.05) is 25.0 Å². The maximum absolute atomic E-state index is 12.6. The average Bonchev–Trinajstić information content (AvgIpc) is 2.67. The van der Waals surface area contributed by atoms with Gasteiger partial charge in [-0.1, -0.05) is 6.42 Å². The van der Waals surface area contributed by atoms with Gasteiger partial charge in [-0.25, -0.2) is 4.68 Å². The molecule has 1 aliphatic heterocycles. The minimum atomic E-state index is -4.49. The Balaban J connectivity index is 1.57. The van der Waals surface area contributed by atoms with Crippen LogP contribution in [-0.4, -0.2) is 50.6 Å². The SMILES string of the molecule is Cc1ccc(=O)n(CCN2CCCCC2CNc2ccc(C(F)(F)F)nn2)n1. The molecule has 1 fully saturated rings. The molecule has 1 atom stereocenters. The number of aryl methyl sites for hydroxylation is 1. The van der Waals surface area contributed by atoms with Crippen LogP contribution < -0.4 is 10.9 Å². The highest BCUT2D eigenvalue weighted by atomic mass is 19.4. The van der Waals surface area contributed by atoms with Crippen molar-refractivity contribution in [3.63, 3.8) is 0 Å². The zero-order valence-electron chi connectivity index (χ0n) is 15.6. The summed E-state index contributed by atoms with van der Waals surface area (Å²) in [6.07, 6.45) is -1.36. The van der Waals surface area contributed by atoms with Gasteiger partial charge in [-0.2, -0.15) is 18.3 Å². The van der Waals surface area contributed by atoms with Crippen LogP contribution in [0, 0.1) is 6.92 Å². The molecule has 152 valence electrons. The van der Waals surface area contributed by atoms with Crippen LogP contribution in [0.5, 0.6) is 0 Å². The lowest BCUT2D eigenvalue weighted by Crippen LogP contribution is -2.45. The van der Waals surface area contributed by atoms with Gasteiger partial charge in [-0.05, 0) is 44.5 Å². The van der Waals surface area contributed by atoms with E-state index in [0.717, 1.165) is 37.6 Å². The Hall–Kier alpha value is -2.49. The van der Waals surface area contributed by atoms with Crippen LogP contribution in [0.2, 0.25) is 0 Å². The Morgan fingerprint density at radius 2 is 1.96 bits per heavy atom. The fourth-order valence-corrected chi connectivity index (χ4v) is 3.32. The predicted octanol–water partition coefficient (Wildman–Crippen LogP) is 2.33. The number of anilines is 1. The van der Waals surface area contributed by atoms with Crippen molar-refractivity contribution in [1.29, 1.82) is 0 Å². The average molecular weight is 396 g/mol. The van der Waals surface area contributed by atoms with Crippen molar-refractivity contribution in [2.45, 2.75) is 44.9 Å². The summed E-state index contributed by atoms with van der Waals surface area (Å²) < 4.78 is 39.2. The number of hydrogen-bond acceptors (Lipinski definition) is 6. The van der Waals surface area contributed by atoms with Crippen molar-refractivity contribution in [1.82, 2.24) is 24.9 Å². The maximum atomic E-state index is 12.6. The second kappa shape index (κ2) is 8.68. The van der Waals surface area contributed by atoms with Gasteiger partial charge in [-0.15, -0.1) is 10.2 Å². The Kier molecular flexibility index (Phi) is 6.28. The van der Waals surface area contributed by atoms with Crippen LogP contribution in [0.4, 0.5) is 19.0 Å². The highest BCUT2D eigenvalue weighted by molar-refractivity contribution is 5.33. The summed E-state index contributed by atoms with van der Waals surface area (Å²) in [5.74, 6) is 0.315. The third-order valence-corrected chi connectivity index (χ3v) is 4.82. The third-order valence-electron chi connectivity index (χ3n) is 4.82. The normalized spacial score (nSPS) is 18.2. The lowest BCUT2D eigenvalue weighted by molar-refractivity contribution is -0.141. The smallest absolute Gasteiger partial charge is 0.367 e. The first-order chi connectivity index (χ1) is 13.3. The van der Waals surface area contributed by atoms with Gasteiger partial charge in [0.15, 0.2) is 5.69 Å². The summed E-state index contributed by atoms with van der Waals surface area (Å²) in [5, 5.41) is 14.2. The van der Waals surface area contributed by atoms with Gasteiger partial charge in [0.05, 0.1) is 12.2 Å². The van der Waals surface area contributed by atoms with Crippen LogP contribution in [-0.2, 0) is 12.7 Å². The van der Waals surface area contributed by atoms with Gasteiger partial charge < -0.3 is 5.32 Å². The molecule has 1 saturated heterocycles. The fourth-order valence-electron chi connectivity index (χ4n) is 3.32. The fraction of sp³-hybridized carbons (Fsp3) is 0.556. The first-order valence-corrected chi connectivity index (χ1v) is 9.26. The number of nitrogens with zero attached hydrogens (tertiary/aromatic N) is 5. The molecule has 2 aromatic heterocycles. The number of hydrogen-bond donors (Lipinski definition) is 1. The molecule has 28 heavy (non-hydrogen) atoms. The second-order valence-corrected chi connectivity index (χ2v) is 6.90. The lowest BCUT2D eigenvalue weighted by atomic mass is 10.0. The molecule has 10 heteroatoms. The summed E-state index contributed by atoms with van der Waals surface area (Å²) >= 11 is 0. The molecule has 3 heterocycles. The number of aromatic nitrogens is 4. The molecule has 0 amide bonds. The van der Waals surface area contributed by atoms with E-state index in [2.05, 4.69) is 25.5 Å². The van der Waals surface area contributed by atoms with E-state index in [1.165, 1.54) is 16.8 Å². The van der Waals surface area contributed by atoms with Gasteiger partial charge in [0.1, 0.15) is 5.82 Å². The molecule has 0 aromatic carbocycles. The Labute approximate surface area is 160 Å². The summed E-state index contributed by atoms with van der Waals surface area (Å²) in [6, 6.07) is 5.62. The van der Waals surface area contributed by atoms with E-state index in [0.29, 0.717) is 25.5 Å². The van der Waals surface area contributed by atoms with Crippen LogP contribution in [0.25, 0.3) is 0 Å². The summed E-state index contributed by atoms with van der Waals surface area (Å²) in [6.45, 7) is 4.48. The summed E-state index contributed by atoms with van der Waals surface area (Å²) in [7, 11) is 0. The number of piperidine rings is 1. The van der Waals surface area contributed by atoms with E-state index in [9.17, 15) is 18.0 Å². The van der Waals surface area contributed by atoms with Crippen LogP contribution in [0.3, 0.4) is 0 Å². The number of nitrogens with one attached hydrogen (secondary N) is 1. The van der Waals surface area contributed by atoms with Crippen molar-refractivity contribution in [3.05, 3.63) is 46.0 Å². The highest BCUT2D eigenvalue weighted by Crippen LogP contribution is 2.27. The van der Waals surface area contributed by atoms with Gasteiger partial charge in [0.2, 0.25) is 0 Å². The summed E-state index contributed by atoms with van der Waals surface area (Å²) in [4.78, 5) is 14.2. The van der Waals surface area contributed by atoms with Gasteiger partial charge in [-0.3, -0.25) is 9.69 Å². The van der Waals surface area contributed by atoms with Crippen molar-refractivity contribution >= 4 is 5.82 Å². The molecule has 0 aliphatic carbocycles. The molecule has 0 radical (unpaired) electrons. The first kappa shape index (κ1) is 20.2. The number of alkyl halides is 3. The first-order valence-electron chi connectivity index (χ1n) is 9.26. The Morgan fingerprint density at radius 1 is 1.14 bits per heavy atom. The molecular weight excluding hydrogens is 373 g/mol. The largest absolute Gasteiger partial charge is 0.435 e. The van der Waals surface area contributed by atoms with E-state index in [1.807, 2.05) is 6.92 Å². The third kappa shape index (κ3) is 5.28. The van der Waals surface area contributed by atoms with Gasteiger partial charge in [0.25, 0.3) is 5.56 Å². The van der Waals surface area contributed by atoms with E-state index in [4.69, 9.17) is 0 Å². The predicted molar refractivity (Wildman–Crippen MR) is 98.0 cm³/mol. The quantitative estimate of drug-likeness (QED) is 0.808. The van der Waals surface area contributed by atoms with E-state index >= 15 is 0 Å². The monoisotopic (exact) mass is 396 g/mol. The van der Waals surface area contributed by atoms with Crippen molar-refractivity contribution in [2.24, 2.45) is 0 Å². The van der Waals surface area contributed by atoms with Gasteiger partial charge in [0, 0.05) is 25.2 Å². The zero-order valence-corrected chi connectivity index (χ0v) is 15.6. The molecule has 0 bridgehead atoms. The number of halogens is 3. The van der Waals surface area contributed by atoms with E-state index < -0.39 is 11.9 Å². The minimum Gasteiger partial charge on any atom is -0.367 e. The number of rotatable bonds is 6. The molecule has 2 aromatic rings. The molecule has 1 unspecified atom stereocenters. The highest BCUT2D eigenvalue weighted by Gasteiger charge is 2.33. The molecular formula is C18H23F3N6O. The molecule has 0 spiro atoms. The molecule has 7 nitrogen and oxygen atoms in total. The summed E-state index contributed by atoms with van der Waals surface area (Å²) in [5.41, 5.74) is -0.344. The lowest BCUT2D eigenvalue weighted by Gasteiger charge is -2.35. The van der Waals surface area contributed by atoms with Gasteiger partial charge >= 0.3 is 6.18 Å². The van der Waals surface area contributed by atoms with Crippen molar-refractivity contribution < 1.29 is 13.2 Å². The second-order valence-electron chi connectivity index (χ2n) is 6.90. The minimum absolute atomic E-state index is 0.127. The molecule has 3 rings (SSSR count). The van der Waals surface area contributed by atoms with Crippen molar-refractivity contribution in [3.8, 4) is 0 Å².